The zero-order valence-corrected chi connectivity index (χ0v) is 14.3. The molecular weight excluding hydrogens is 292 g/mol. The van der Waals surface area contributed by atoms with Gasteiger partial charge in [-0.05, 0) is 43.5 Å². The molecule has 23 heavy (non-hydrogen) atoms. The van der Waals surface area contributed by atoms with E-state index in [4.69, 9.17) is 9.47 Å². The summed E-state index contributed by atoms with van der Waals surface area (Å²) in [7, 11) is 3.17. The van der Waals surface area contributed by atoms with E-state index in [1.807, 2.05) is 25.1 Å². The molecule has 0 spiro atoms. The summed E-state index contributed by atoms with van der Waals surface area (Å²) in [5.74, 6) is 0.860. The van der Waals surface area contributed by atoms with Crippen LogP contribution in [0.15, 0.2) is 30.5 Å². The number of pyridine rings is 1. The topological polar surface area (TPSA) is 60.5 Å². The van der Waals surface area contributed by atoms with Gasteiger partial charge < -0.3 is 14.8 Å². The van der Waals surface area contributed by atoms with Crippen LogP contribution in [0.3, 0.4) is 0 Å². The standard InChI is InChI=1S/C18H24N2O3/c1-12(2)11-18(3,23-5)17(21)20-14-8-9-15(22-4)16-13(14)7-6-10-19-16/h6-10,12H,11H2,1-5H3,(H,20,21). The quantitative estimate of drug-likeness (QED) is 0.884. The fourth-order valence-electron chi connectivity index (χ4n) is 2.72. The lowest BCUT2D eigenvalue weighted by atomic mass is 9.93. The average molecular weight is 316 g/mol. The Labute approximate surface area is 137 Å². The first kappa shape index (κ1) is 17.2. The molecule has 1 atom stereocenters. The van der Waals surface area contributed by atoms with Crippen LogP contribution in [-0.2, 0) is 9.53 Å². The number of nitrogens with zero attached hydrogens (tertiary/aromatic N) is 1. The van der Waals surface area contributed by atoms with Gasteiger partial charge >= 0.3 is 0 Å². The SMILES string of the molecule is COc1ccc(NC(=O)C(C)(CC(C)C)OC)c2cccnc12. The van der Waals surface area contributed by atoms with Crippen LogP contribution >= 0.6 is 0 Å². The minimum absolute atomic E-state index is 0.163. The number of benzene rings is 1. The van der Waals surface area contributed by atoms with Crippen molar-refractivity contribution in [1.29, 1.82) is 0 Å². The van der Waals surface area contributed by atoms with E-state index < -0.39 is 5.60 Å². The molecule has 1 aromatic carbocycles. The van der Waals surface area contributed by atoms with Crippen molar-refractivity contribution in [2.24, 2.45) is 5.92 Å². The zero-order chi connectivity index (χ0) is 17.0. The molecule has 0 aliphatic heterocycles. The fourth-order valence-corrected chi connectivity index (χ4v) is 2.72. The van der Waals surface area contributed by atoms with Gasteiger partial charge in [-0.1, -0.05) is 13.8 Å². The highest BCUT2D eigenvalue weighted by atomic mass is 16.5. The predicted octanol–water partition coefficient (Wildman–Crippen LogP) is 3.63. The Morgan fingerprint density at radius 3 is 2.65 bits per heavy atom. The van der Waals surface area contributed by atoms with Crippen LogP contribution in [0.4, 0.5) is 5.69 Å². The Kier molecular flexibility index (Phi) is 5.21. The van der Waals surface area contributed by atoms with Crippen molar-refractivity contribution in [2.45, 2.75) is 32.8 Å². The number of methoxy groups -OCH3 is 2. The minimum Gasteiger partial charge on any atom is -0.494 e. The van der Waals surface area contributed by atoms with E-state index in [0.717, 1.165) is 10.9 Å². The van der Waals surface area contributed by atoms with Gasteiger partial charge in [-0.25, -0.2) is 0 Å². The Hall–Kier alpha value is -2.14. The van der Waals surface area contributed by atoms with Crippen LogP contribution in [0.5, 0.6) is 5.75 Å². The van der Waals surface area contributed by atoms with Crippen molar-refractivity contribution in [3.8, 4) is 5.75 Å². The Balaban J connectivity index is 2.37. The largest absolute Gasteiger partial charge is 0.494 e. The molecule has 124 valence electrons. The average Bonchev–Trinajstić information content (AvgIpc) is 2.54. The lowest BCUT2D eigenvalue weighted by molar-refractivity contribution is -0.137. The molecule has 5 heteroatoms. The van der Waals surface area contributed by atoms with Gasteiger partial charge in [0, 0.05) is 18.7 Å². The molecule has 1 amide bonds. The Morgan fingerprint density at radius 2 is 2.04 bits per heavy atom. The summed E-state index contributed by atoms with van der Waals surface area (Å²) in [4.78, 5) is 17.1. The maximum atomic E-state index is 12.7. The monoisotopic (exact) mass is 316 g/mol. The van der Waals surface area contributed by atoms with Crippen LogP contribution in [0, 0.1) is 5.92 Å². The number of rotatable bonds is 6. The van der Waals surface area contributed by atoms with Crippen LogP contribution in [0.2, 0.25) is 0 Å². The van der Waals surface area contributed by atoms with E-state index in [2.05, 4.69) is 24.1 Å². The molecule has 0 bridgehead atoms. The van der Waals surface area contributed by atoms with Gasteiger partial charge in [-0.3, -0.25) is 9.78 Å². The molecule has 2 rings (SSSR count). The van der Waals surface area contributed by atoms with Gasteiger partial charge in [0.2, 0.25) is 0 Å². The third kappa shape index (κ3) is 3.62. The summed E-state index contributed by atoms with van der Waals surface area (Å²) >= 11 is 0. The Bertz CT molecular complexity index is 700. The van der Waals surface area contributed by atoms with Crippen LogP contribution < -0.4 is 10.1 Å². The number of ether oxygens (including phenoxy) is 2. The van der Waals surface area contributed by atoms with Crippen molar-refractivity contribution >= 4 is 22.5 Å². The van der Waals surface area contributed by atoms with Crippen molar-refractivity contribution in [3.63, 3.8) is 0 Å². The van der Waals surface area contributed by atoms with Gasteiger partial charge in [0.1, 0.15) is 16.9 Å². The summed E-state index contributed by atoms with van der Waals surface area (Å²) in [6.07, 6.45) is 2.34. The number of carbonyl (C=O) groups excluding carboxylic acids is 1. The predicted molar refractivity (Wildman–Crippen MR) is 91.8 cm³/mol. The van der Waals surface area contributed by atoms with Gasteiger partial charge in [-0.2, -0.15) is 0 Å². The molecule has 0 fully saturated rings. The smallest absolute Gasteiger partial charge is 0.256 e. The van der Waals surface area contributed by atoms with E-state index in [0.29, 0.717) is 23.8 Å². The zero-order valence-electron chi connectivity index (χ0n) is 14.3. The first-order valence-corrected chi connectivity index (χ1v) is 7.69. The second-order valence-corrected chi connectivity index (χ2v) is 6.20. The van der Waals surface area contributed by atoms with E-state index in [1.54, 1.807) is 26.5 Å². The van der Waals surface area contributed by atoms with Gasteiger partial charge in [0.25, 0.3) is 5.91 Å². The summed E-state index contributed by atoms with van der Waals surface area (Å²) in [5.41, 5.74) is 0.546. The van der Waals surface area contributed by atoms with Gasteiger partial charge in [-0.15, -0.1) is 0 Å². The number of nitrogens with one attached hydrogen (secondary N) is 1. The molecule has 1 heterocycles. The number of hydrogen-bond acceptors (Lipinski definition) is 4. The number of carbonyl (C=O) groups is 1. The molecule has 5 nitrogen and oxygen atoms in total. The molecule has 1 N–H and O–H groups in total. The fraction of sp³-hybridized carbons (Fsp3) is 0.444. The number of amides is 1. The Morgan fingerprint density at radius 1 is 1.30 bits per heavy atom. The molecule has 2 aromatic rings. The van der Waals surface area contributed by atoms with E-state index in [1.165, 1.54) is 0 Å². The van der Waals surface area contributed by atoms with Crippen molar-refractivity contribution in [1.82, 2.24) is 4.98 Å². The number of anilines is 1. The van der Waals surface area contributed by atoms with E-state index in [-0.39, 0.29) is 5.91 Å². The maximum absolute atomic E-state index is 12.7. The highest BCUT2D eigenvalue weighted by Crippen LogP contribution is 2.31. The van der Waals surface area contributed by atoms with Crippen molar-refractivity contribution in [2.75, 3.05) is 19.5 Å². The summed E-state index contributed by atoms with van der Waals surface area (Å²) in [5, 5.41) is 3.81. The van der Waals surface area contributed by atoms with E-state index in [9.17, 15) is 4.79 Å². The molecule has 0 radical (unpaired) electrons. The van der Waals surface area contributed by atoms with Crippen LogP contribution in [-0.4, -0.2) is 30.7 Å². The normalized spacial score (nSPS) is 13.8. The molecule has 0 aliphatic carbocycles. The lowest BCUT2D eigenvalue weighted by Gasteiger charge is -2.28. The minimum atomic E-state index is -0.872. The maximum Gasteiger partial charge on any atom is 0.256 e. The molecule has 1 aromatic heterocycles. The molecule has 0 saturated heterocycles. The summed E-state index contributed by atoms with van der Waals surface area (Å²) in [6.45, 7) is 5.95. The summed E-state index contributed by atoms with van der Waals surface area (Å²) < 4.78 is 10.8. The van der Waals surface area contributed by atoms with Gasteiger partial charge in [0.05, 0.1) is 12.8 Å². The highest BCUT2D eigenvalue weighted by Gasteiger charge is 2.34. The van der Waals surface area contributed by atoms with Crippen molar-refractivity contribution in [3.05, 3.63) is 30.5 Å². The second kappa shape index (κ2) is 6.96. The molecule has 0 saturated carbocycles. The number of aromatic nitrogens is 1. The van der Waals surface area contributed by atoms with E-state index >= 15 is 0 Å². The molecule has 1 unspecified atom stereocenters. The highest BCUT2D eigenvalue weighted by molar-refractivity contribution is 6.05. The molecule has 0 aliphatic rings. The van der Waals surface area contributed by atoms with Crippen LogP contribution in [0.1, 0.15) is 27.2 Å². The van der Waals surface area contributed by atoms with Crippen LogP contribution in [0.25, 0.3) is 10.9 Å². The second-order valence-electron chi connectivity index (χ2n) is 6.20. The first-order valence-electron chi connectivity index (χ1n) is 7.69. The van der Waals surface area contributed by atoms with Gasteiger partial charge in [0.15, 0.2) is 0 Å². The number of fused-ring (bicyclic) bond motifs is 1. The lowest BCUT2D eigenvalue weighted by Crippen LogP contribution is -2.43. The third-order valence-electron chi connectivity index (χ3n) is 3.93. The van der Waals surface area contributed by atoms with Crippen molar-refractivity contribution < 1.29 is 14.3 Å². The summed E-state index contributed by atoms with van der Waals surface area (Å²) in [6, 6.07) is 7.37. The molecular formula is C18H24N2O3. The number of hydrogen-bond donors (Lipinski definition) is 1. The third-order valence-corrected chi connectivity index (χ3v) is 3.93. The first-order chi connectivity index (χ1) is 10.9.